The fourth-order valence-electron chi connectivity index (χ4n) is 1.96. The van der Waals surface area contributed by atoms with E-state index in [1.807, 2.05) is 0 Å². The maximum atomic E-state index is 4.70. The van der Waals surface area contributed by atoms with Gasteiger partial charge >= 0.3 is 0 Å². The number of hydrogen-bond donors (Lipinski definition) is 1. The average Bonchev–Trinajstić information content (AvgIpc) is 2.77. The zero-order valence-corrected chi connectivity index (χ0v) is 13.7. The Labute approximate surface area is 125 Å². The summed E-state index contributed by atoms with van der Waals surface area (Å²) in [6, 6.07) is 9.00. The van der Waals surface area contributed by atoms with Crippen LogP contribution in [0.3, 0.4) is 0 Å². The lowest BCUT2D eigenvalue weighted by Crippen LogP contribution is -2.21. The molecule has 0 aliphatic rings. The van der Waals surface area contributed by atoms with Crippen LogP contribution in [0.15, 0.2) is 24.3 Å². The highest BCUT2D eigenvalue weighted by Crippen LogP contribution is 2.30. The van der Waals surface area contributed by atoms with Gasteiger partial charge in [0.25, 0.3) is 0 Å². The highest BCUT2D eigenvalue weighted by Gasteiger charge is 2.12. The maximum Gasteiger partial charge on any atom is 0.190 e. The van der Waals surface area contributed by atoms with Crippen LogP contribution in [-0.2, 0) is 6.54 Å². The lowest BCUT2D eigenvalue weighted by Gasteiger charge is -2.16. The third-order valence-corrected chi connectivity index (χ3v) is 4.46. The number of aromatic nitrogens is 1. The Hall–Kier alpha value is -1.39. The van der Waals surface area contributed by atoms with Crippen molar-refractivity contribution in [2.75, 3.05) is 11.9 Å². The fourth-order valence-corrected chi connectivity index (χ4v) is 2.96. The van der Waals surface area contributed by atoms with Gasteiger partial charge in [0.1, 0.15) is 0 Å². The third kappa shape index (κ3) is 3.58. The van der Waals surface area contributed by atoms with Crippen LogP contribution in [0, 0.1) is 13.8 Å². The van der Waals surface area contributed by atoms with Crippen molar-refractivity contribution in [2.45, 2.75) is 40.3 Å². The molecule has 0 aliphatic heterocycles. The molecule has 2 rings (SSSR count). The van der Waals surface area contributed by atoms with Gasteiger partial charge in [0.2, 0.25) is 0 Å². The first kappa shape index (κ1) is 15.0. The molecule has 2 aromatic rings. The molecule has 0 aliphatic carbocycles. The fraction of sp³-hybridized carbons (Fsp3) is 0.438. The molecule has 0 saturated carbocycles. The van der Waals surface area contributed by atoms with Crippen molar-refractivity contribution < 1.29 is 0 Å². The zero-order chi connectivity index (χ0) is 14.7. The molecule has 0 saturated heterocycles. The van der Waals surface area contributed by atoms with E-state index >= 15 is 0 Å². The van der Waals surface area contributed by atoms with Crippen LogP contribution in [0.2, 0.25) is 0 Å². The predicted molar refractivity (Wildman–Crippen MR) is 88.1 cm³/mol. The second-order valence-electron chi connectivity index (χ2n) is 5.44. The van der Waals surface area contributed by atoms with Gasteiger partial charge in [-0.15, -0.1) is 0 Å². The Kier molecular flexibility index (Phi) is 4.78. The number of hydrogen-bond acceptors (Lipinski definition) is 4. The van der Waals surface area contributed by atoms with Crippen LogP contribution < -0.4 is 10.2 Å². The normalized spacial score (nSPS) is 11.1. The van der Waals surface area contributed by atoms with Gasteiger partial charge in [0.15, 0.2) is 5.13 Å². The minimum absolute atomic E-state index is 0.495. The van der Waals surface area contributed by atoms with Crippen LogP contribution in [-0.4, -0.2) is 18.1 Å². The molecule has 1 N–H and O–H groups in total. The summed E-state index contributed by atoms with van der Waals surface area (Å²) in [5.41, 5.74) is 3.57. The largest absolute Gasteiger partial charge is 0.321 e. The van der Waals surface area contributed by atoms with Crippen LogP contribution in [0.25, 0.3) is 0 Å². The number of rotatable bonds is 5. The number of benzene rings is 1. The second-order valence-corrected chi connectivity index (χ2v) is 6.50. The van der Waals surface area contributed by atoms with Gasteiger partial charge in [-0.3, -0.25) is 0 Å². The van der Waals surface area contributed by atoms with Gasteiger partial charge in [0, 0.05) is 30.2 Å². The number of nitrogens with one attached hydrogen (secondary N) is 1. The smallest absolute Gasteiger partial charge is 0.190 e. The van der Waals surface area contributed by atoms with E-state index in [-0.39, 0.29) is 0 Å². The predicted octanol–water partition coefficient (Wildman–Crippen LogP) is 4.03. The summed E-state index contributed by atoms with van der Waals surface area (Å²) in [7, 11) is 2.08. The van der Waals surface area contributed by atoms with Crippen LogP contribution in [0.1, 0.15) is 30.0 Å². The molecule has 0 atom stereocenters. The first-order chi connectivity index (χ1) is 9.47. The Balaban J connectivity index is 2.18. The molecule has 0 amide bonds. The molecular weight excluding hydrogens is 266 g/mol. The topological polar surface area (TPSA) is 28.2 Å². The summed E-state index contributed by atoms with van der Waals surface area (Å²) in [6.45, 7) is 9.42. The Morgan fingerprint density at radius 1 is 1.30 bits per heavy atom. The molecule has 1 aromatic carbocycles. The molecule has 3 nitrogen and oxygen atoms in total. The molecule has 4 heteroatoms. The van der Waals surface area contributed by atoms with Crippen molar-refractivity contribution in [3.63, 3.8) is 0 Å². The van der Waals surface area contributed by atoms with Gasteiger partial charge in [-0.2, -0.15) is 0 Å². The van der Waals surface area contributed by atoms with Crippen LogP contribution in [0.5, 0.6) is 0 Å². The van der Waals surface area contributed by atoms with Crippen molar-refractivity contribution in [3.05, 3.63) is 40.4 Å². The SMILES string of the molecule is Cc1cccc(N(C)c2nc(C)c(CNC(C)C)s2)c1. The first-order valence-corrected chi connectivity index (χ1v) is 7.79. The van der Waals surface area contributed by atoms with E-state index in [0.717, 1.165) is 17.4 Å². The van der Waals surface area contributed by atoms with Crippen molar-refractivity contribution in [1.29, 1.82) is 0 Å². The van der Waals surface area contributed by atoms with E-state index in [2.05, 4.69) is 69.2 Å². The van der Waals surface area contributed by atoms with E-state index in [0.29, 0.717) is 6.04 Å². The standard InChI is InChI=1S/C16H23N3S/c1-11(2)17-10-15-13(4)18-16(20-15)19(5)14-8-6-7-12(3)9-14/h6-9,11,17H,10H2,1-5H3. The number of aryl methyl sites for hydroxylation is 2. The quantitative estimate of drug-likeness (QED) is 0.901. The number of nitrogens with zero attached hydrogens (tertiary/aromatic N) is 2. The molecule has 0 radical (unpaired) electrons. The van der Waals surface area contributed by atoms with Crippen molar-refractivity contribution in [2.24, 2.45) is 0 Å². The van der Waals surface area contributed by atoms with Crippen LogP contribution in [0.4, 0.5) is 10.8 Å². The van der Waals surface area contributed by atoms with E-state index in [4.69, 9.17) is 4.98 Å². The summed E-state index contributed by atoms with van der Waals surface area (Å²) in [5.74, 6) is 0. The number of thiazole rings is 1. The van der Waals surface area contributed by atoms with Crippen LogP contribution >= 0.6 is 11.3 Å². The van der Waals surface area contributed by atoms with Crippen molar-refractivity contribution in [3.8, 4) is 0 Å². The minimum atomic E-state index is 0.495. The number of anilines is 2. The van der Waals surface area contributed by atoms with Gasteiger partial charge in [-0.25, -0.2) is 4.98 Å². The van der Waals surface area contributed by atoms with Gasteiger partial charge < -0.3 is 10.2 Å². The van der Waals surface area contributed by atoms with E-state index < -0.39 is 0 Å². The molecule has 0 spiro atoms. The summed E-state index contributed by atoms with van der Waals surface area (Å²) in [5, 5.41) is 4.51. The van der Waals surface area contributed by atoms with E-state index in [9.17, 15) is 0 Å². The maximum absolute atomic E-state index is 4.70. The van der Waals surface area contributed by atoms with Gasteiger partial charge in [-0.05, 0) is 31.5 Å². The lowest BCUT2D eigenvalue weighted by atomic mass is 10.2. The minimum Gasteiger partial charge on any atom is -0.321 e. The lowest BCUT2D eigenvalue weighted by molar-refractivity contribution is 0.591. The average molecular weight is 289 g/mol. The second kappa shape index (κ2) is 6.37. The summed E-state index contributed by atoms with van der Waals surface area (Å²) >= 11 is 1.76. The summed E-state index contributed by atoms with van der Waals surface area (Å²) in [4.78, 5) is 8.17. The molecular formula is C16H23N3S. The van der Waals surface area contributed by atoms with E-state index in [1.54, 1.807) is 11.3 Å². The molecule has 0 fully saturated rings. The van der Waals surface area contributed by atoms with E-state index in [1.165, 1.54) is 16.1 Å². The molecule has 0 unspecified atom stereocenters. The molecule has 1 heterocycles. The molecule has 108 valence electrons. The van der Waals surface area contributed by atoms with Gasteiger partial charge in [0.05, 0.1) is 5.69 Å². The van der Waals surface area contributed by atoms with Crippen molar-refractivity contribution >= 4 is 22.2 Å². The monoisotopic (exact) mass is 289 g/mol. The Morgan fingerprint density at radius 3 is 2.70 bits per heavy atom. The zero-order valence-electron chi connectivity index (χ0n) is 12.9. The summed E-state index contributed by atoms with van der Waals surface area (Å²) < 4.78 is 0. The van der Waals surface area contributed by atoms with Crippen molar-refractivity contribution in [1.82, 2.24) is 10.3 Å². The Morgan fingerprint density at radius 2 is 2.05 bits per heavy atom. The molecule has 20 heavy (non-hydrogen) atoms. The molecule has 1 aromatic heterocycles. The summed E-state index contributed by atoms with van der Waals surface area (Å²) in [6.07, 6.45) is 0. The third-order valence-electron chi connectivity index (χ3n) is 3.23. The van der Waals surface area contributed by atoms with Gasteiger partial charge in [-0.1, -0.05) is 37.3 Å². The highest BCUT2D eigenvalue weighted by molar-refractivity contribution is 7.15. The molecule has 0 bridgehead atoms. The Bertz CT molecular complexity index is 575. The first-order valence-electron chi connectivity index (χ1n) is 6.97. The highest BCUT2D eigenvalue weighted by atomic mass is 32.1.